The third-order valence-corrected chi connectivity index (χ3v) is 6.56. The number of aromatic nitrogens is 2. The minimum absolute atomic E-state index is 0.0684. The first-order valence-corrected chi connectivity index (χ1v) is 11.1. The van der Waals surface area contributed by atoms with Gasteiger partial charge in [0, 0.05) is 30.1 Å². The second-order valence-corrected chi connectivity index (χ2v) is 8.96. The summed E-state index contributed by atoms with van der Waals surface area (Å²) in [6.07, 6.45) is 0.730. The molecule has 0 aliphatic carbocycles. The number of H-pyrrole nitrogens is 1. The summed E-state index contributed by atoms with van der Waals surface area (Å²) in [5.41, 5.74) is 2.35. The molecule has 5 rings (SSSR count). The van der Waals surface area contributed by atoms with Gasteiger partial charge in [-0.05, 0) is 41.8 Å². The predicted molar refractivity (Wildman–Crippen MR) is 120 cm³/mol. The first kappa shape index (κ1) is 19.6. The van der Waals surface area contributed by atoms with Crippen LogP contribution in [0, 0.1) is 0 Å². The summed E-state index contributed by atoms with van der Waals surface area (Å²) >= 11 is 13.8. The van der Waals surface area contributed by atoms with Crippen molar-refractivity contribution in [1.29, 1.82) is 0 Å². The van der Waals surface area contributed by atoms with Crippen LogP contribution in [0.1, 0.15) is 17.0 Å². The molecule has 0 atom stereocenters. The molecule has 0 saturated heterocycles. The fourth-order valence-corrected chi connectivity index (χ4v) is 4.83. The van der Waals surface area contributed by atoms with Crippen molar-refractivity contribution in [2.45, 2.75) is 19.5 Å². The molecule has 1 aliphatic rings. The van der Waals surface area contributed by atoms with Crippen molar-refractivity contribution in [3.63, 3.8) is 0 Å². The van der Waals surface area contributed by atoms with Crippen molar-refractivity contribution in [1.82, 2.24) is 14.9 Å². The van der Waals surface area contributed by atoms with Crippen LogP contribution in [-0.4, -0.2) is 21.4 Å². The van der Waals surface area contributed by atoms with Gasteiger partial charge in [-0.15, -0.1) is 11.3 Å². The highest BCUT2D eigenvalue weighted by Crippen LogP contribution is 2.32. The van der Waals surface area contributed by atoms with Crippen LogP contribution in [0.2, 0.25) is 10.0 Å². The van der Waals surface area contributed by atoms with Gasteiger partial charge < -0.3 is 9.40 Å². The van der Waals surface area contributed by atoms with Crippen LogP contribution in [0.15, 0.2) is 57.1 Å². The van der Waals surface area contributed by atoms with Crippen LogP contribution < -0.4 is 5.56 Å². The minimum atomic E-state index is -0.0684. The van der Waals surface area contributed by atoms with Gasteiger partial charge in [-0.25, -0.2) is 4.98 Å². The second-order valence-electron chi connectivity index (χ2n) is 7.17. The molecule has 4 heterocycles. The molecule has 30 heavy (non-hydrogen) atoms. The monoisotopic (exact) mass is 457 g/mol. The summed E-state index contributed by atoms with van der Waals surface area (Å²) in [6, 6.07) is 13.1. The van der Waals surface area contributed by atoms with E-state index in [1.807, 2.05) is 35.7 Å². The molecular weight excluding hydrogens is 441 g/mol. The van der Waals surface area contributed by atoms with Gasteiger partial charge in [0.1, 0.15) is 11.5 Å². The number of nitrogens with zero attached hydrogens (tertiary/aromatic N) is 2. The SMILES string of the molecule is O=c1[nH]c(-c2cccs2)nc2c1CN(Cc1ccc(-c3ccc(Cl)cc3Cl)o1)CC2. The Bertz CT molecular complexity index is 1260. The Kier molecular flexibility index (Phi) is 5.25. The van der Waals surface area contributed by atoms with Gasteiger partial charge in [0.05, 0.1) is 27.7 Å². The first-order valence-electron chi connectivity index (χ1n) is 9.49. The van der Waals surface area contributed by atoms with Gasteiger partial charge in [-0.1, -0.05) is 29.3 Å². The third kappa shape index (κ3) is 3.84. The smallest absolute Gasteiger partial charge is 0.255 e. The van der Waals surface area contributed by atoms with Crippen molar-refractivity contribution < 1.29 is 4.42 Å². The molecule has 0 radical (unpaired) electrons. The summed E-state index contributed by atoms with van der Waals surface area (Å²) in [5.74, 6) is 2.17. The molecular formula is C22H17Cl2N3O2S. The zero-order valence-electron chi connectivity index (χ0n) is 15.8. The lowest BCUT2D eigenvalue weighted by Crippen LogP contribution is -2.35. The molecule has 1 aromatic carbocycles. The van der Waals surface area contributed by atoms with Gasteiger partial charge in [0.2, 0.25) is 0 Å². The van der Waals surface area contributed by atoms with E-state index in [2.05, 4.69) is 9.88 Å². The lowest BCUT2D eigenvalue weighted by molar-refractivity contribution is 0.223. The van der Waals surface area contributed by atoms with E-state index in [0.29, 0.717) is 34.7 Å². The first-order chi connectivity index (χ1) is 14.6. The van der Waals surface area contributed by atoms with Crippen molar-refractivity contribution >= 4 is 34.5 Å². The molecule has 1 N–H and O–H groups in total. The fraction of sp³-hybridized carbons (Fsp3) is 0.182. The van der Waals surface area contributed by atoms with E-state index < -0.39 is 0 Å². The number of benzene rings is 1. The number of fused-ring (bicyclic) bond motifs is 1. The molecule has 1 aliphatic heterocycles. The zero-order valence-corrected chi connectivity index (χ0v) is 18.2. The second kappa shape index (κ2) is 8.04. The number of aromatic amines is 1. The largest absolute Gasteiger partial charge is 0.460 e. The standard InChI is InChI=1S/C22H17Cl2N3O2S/c23-13-3-5-15(17(24)10-13)19-6-4-14(29-19)11-27-8-7-18-16(12-27)22(28)26-21(25-18)20-2-1-9-30-20/h1-6,9-10H,7-8,11-12H2,(H,25,26,28). The predicted octanol–water partition coefficient (Wildman–Crippen LogP) is 5.62. The van der Waals surface area contributed by atoms with Crippen LogP contribution in [-0.2, 0) is 19.5 Å². The number of rotatable bonds is 4. The summed E-state index contributed by atoms with van der Waals surface area (Å²) in [6.45, 7) is 1.96. The lowest BCUT2D eigenvalue weighted by atomic mass is 10.1. The van der Waals surface area contributed by atoms with E-state index in [4.69, 9.17) is 32.6 Å². The van der Waals surface area contributed by atoms with Crippen molar-refractivity contribution in [3.8, 4) is 22.0 Å². The maximum atomic E-state index is 12.7. The summed E-state index contributed by atoms with van der Waals surface area (Å²) < 4.78 is 6.01. The number of hydrogen-bond donors (Lipinski definition) is 1. The molecule has 8 heteroatoms. The highest BCUT2D eigenvalue weighted by Gasteiger charge is 2.22. The van der Waals surface area contributed by atoms with E-state index in [1.165, 1.54) is 0 Å². The van der Waals surface area contributed by atoms with Crippen LogP contribution in [0.25, 0.3) is 22.0 Å². The van der Waals surface area contributed by atoms with E-state index in [9.17, 15) is 4.79 Å². The fourth-order valence-electron chi connectivity index (χ4n) is 3.66. The molecule has 152 valence electrons. The summed E-state index contributed by atoms with van der Waals surface area (Å²) in [4.78, 5) is 23.5. The zero-order chi connectivity index (χ0) is 20.7. The summed E-state index contributed by atoms with van der Waals surface area (Å²) in [5, 5.41) is 3.11. The van der Waals surface area contributed by atoms with E-state index in [0.717, 1.165) is 40.4 Å². The molecule has 0 amide bonds. The van der Waals surface area contributed by atoms with Gasteiger partial charge in [0.25, 0.3) is 5.56 Å². The van der Waals surface area contributed by atoms with Crippen LogP contribution in [0.3, 0.4) is 0 Å². The number of halogens is 2. The number of furan rings is 1. The molecule has 0 saturated carbocycles. The Morgan fingerprint density at radius 3 is 2.90 bits per heavy atom. The highest BCUT2D eigenvalue weighted by molar-refractivity contribution is 7.13. The van der Waals surface area contributed by atoms with Crippen LogP contribution >= 0.6 is 34.5 Å². The van der Waals surface area contributed by atoms with Crippen molar-refractivity contribution in [3.05, 3.63) is 85.3 Å². The van der Waals surface area contributed by atoms with Gasteiger partial charge in [-0.2, -0.15) is 0 Å². The van der Waals surface area contributed by atoms with E-state index >= 15 is 0 Å². The molecule has 0 bridgehead atoms. The van der Waals surface area contributed by atoms with E-state index in [1.54, 1.807) is 23.5 Å². The number of nitrogens with one attached hydrogen (secondary N) is 1. The van der Waals surface area contributed by atoms with Crippen LogP contribution in [0.4, 0.5) is 0 Å². The van der Waals surface area contributed by atoms with E-state index in [-0.39, 0.29) is 5.56 Å². The van der Waals surface area contributed by atoms with Crippen molar-refractivity contribution in [2.75, 3.05) is 6.54 Å². The summed E-state index contributed by atoms with van der Waals surface area (Å²) in [7, 11) is 0. The van der Waals surface area contributed by atoms with Gasteiger partial charge >= 0.3 is 0 Å². The maximum Gasteiger partial charge on any atom is 0.255 e. The highest BCUT2D eigenvalue weighted by atomic mass is 35.5. The number of thiophene rings is 1. The Morgan fingerprint density at radius 1 is 1.20 bits per heavy atom. The molecule has 0 fully saturated rings. The third-order valence-electron chi connectivity index (χ3n) is 5.14. The quantitative estimate of drug-likeness (QED) is 0.431. The van der Waals surface area contributed by atoms with Gasteiger partial charge in [-0.3, -0.25) is 9.69 Å². The molecule has 0 unspecified atom stereocenters. The average molecular weight is 458 g/mol. The lowest BCUT2D eigenvalue weighted by Gasteiger charge is -2.26. The van der Waals surface area contributed by atoms with Crippen LogP contribution in [0.5, 0.6) is 0 Å². The molecule has 5 nitrogen and oxygen atoms in total. The Morgan fingerprint density at radius 2 is 2.10 bits per heavy atom. The molecule has 3 aromatic heterocycles. The minimum Gasteiger partial charge on any atom is -0.460 e. The topological polar surface area (TPSA) is 62.1 Å². The number of hydrogen-bond acceptors (Lipinski definition) is 5. The van der Waals surface area contributed by atoms with Crippen molar-refractivity contribution in [2.24, 2.45) is 0 Å². The Hall–Kier alpha value is -2.38. The Balaban J connectivity index is 1.34. The maximum absolute atomic E-state index is 12.7. The average Bonchev–Trinajstić information content (AvgIpc) is 3.41. The Labute approximate surface area is 186 Å². The normalized spacial score (nSPS) is 14.1. The molecule has 0 spiro atoms. The molecule has 4 aromatic rings. The van der Waals surface area contributed by atoms with Gasteiger partial charge in [0.15, 0.2) is 5.82 Å².